The lowest BCUT2D eigenvalue weighted by Gasteiger charge is -2.21. The van der Waals surface area contributed by atoms with Crippen molar-refractivity contribution in [3.63, 3.8) is 0 Å². The third-order valence-electron chi connectivity index (χ3n) is 2.93. The van der Waals surface area contributed by atoms with Crippen molar-refractivity contribution in [2.45, 2.75) is 13.8 Å². The SMILES string of the molecule is Cc1ccc(N(C)c2ncnc(NN)c2C)cc1. The number of hydrazine groups is 1. The van der Waals surface area contributed by atoms with Crippen molar-refractivity contribution >= 4 is 17.3 Å². The second-order valence-electron chi connectivity index (χ2n) is 4.21. The largest absolute Gasteiger partial charge is 0.329 e. The molecule has 94 valence electrons. The van der Waals surface area contributed by atoms with Gasteiger partial charge in [0, 0.05) is 18.3 Å². The summed E-state index contributed by atoms with van der Waals surface area (Å²) in [7, 11) is 1.97. The van der Waals surface area contributed by atoms with Gasteiger partial charge in [-0.1, -0.05) is 17.7 Å². The monoisotopic (exact) mass is 243 g/mol. The third-order valence-corrected chi connectivity index (χ3v) is 2.93. The lowest BCUT2D eigenvalue weighted by atomic mass is 10.2. The van der Waals surface area contributed by atoms with Crippen molar-refractivity contribution in [1.29, 1.82) is 0 Å². The van der Waals surface area contributed by atoms with Gasteiger partial charge in [0.25, 0.3) is 0 Å². The molecule has 18 heavy (non-hydrogen) atoms. The second kappa shape index (κ2) is 5.01. The van der Waals surface area contributed by atoms with Gasteiger partial charge >= 0.3 is 0 Å². The van der Waals surface area contributed by atoms with Crippen LogP contribution in [-0.4, -0.2) is 17.0 Å². The molecule has 0 atom stereocenters. The Morgan fingerprint density at radius 1 is 1.11 bits per heavy atom. The summed E-state index contributed by atoms with van der Waals surface area (Å²) in [5, 5.41) is 0. The van der Waals surface area contributed by atoms with E-state index in [4.69, 9.17) is 5.84 Å². The molecule has 0 fully saturated rings. The van der Waals surface area contributed by atoms with Crippen molar-refractivity contribution < 1.29 is 0 Å². The molecule has 0 saturated carbocycles. The summed E-state index contributed by atoms with van der Waals surface area (Å²) in [6, 6.07) is 8.27. The normalized spacial score (nSPS) is 10.2. The number of aromatic nitrogens is 2. The highest BCUT2D eigenvalue weighted by Crippen LogP contribution is 2.27. The van der Waals surface area contributed by atoms with Gasteiger partial charge < -0.3 is 10.3 Å². The number of aryl methyl sites for hydroxylation is 1. The van der Waals surface area contributed by atoms with Gasteiger partial charge in [-0.15, -0.1) is 0 Å². The van der Waals surface area contributed by atoms with Gasteiger partial charge in [-0.3, -0.25) is 0 Å². The van der Waals surface area contributed by atoms with Gasteiger partial charge in [0.1, 0.15) is 18.0 Å². The zero-order valence-electron chi connectivity index (χ0n) is 10.8. The van der Waals surface area contributed by atoms with Crippen LogP contribution in [0.5, 0.6) is 0 Å². The minimum Gasteiger partial charge on any atom is -0.329 e. The fourth-order valence-electron chi connectivity index (χ4n) is 1.82. The van der Waals surface area contributed by atoms with Crippen LogP contribution < -0.4 is 16.2 Å². The highest BCUT2D eigenvalue weighted by Gasteiger charge is 2.11. The van der Waals surface area contributed by atoms with E-state index in [1.165, 1.54) is 11.9 Å². The van der Waals surface area contributed by atoms with Gasteiger partial charge in [0.05, 0.1) is 0 Å². The van der Waals surface area contributed by atoms with E-state index >= 15 is 0 Å². The van der Waals surface area contributed by atoms with Crippen LogP contribution in [0, 0.1) is 13.8 Å². The minimum atomic E-state index is 0.638. The standard InChI is InChI=1S/C13H17N5/c1-9-4-6-11(7-5-9)18(3)13-10(2)12(17-14)15-8-16-13/h4-8H,14H2,1-3H3,(H,15,16,17). The number of hydrogen-bond donors (Lipinski definition) is 2. The quantitative estimate of drug-likeness (QED) is 0.638. The molecule has 5 heteroatoms. The summed E-state index contributed by atoms with van der Waals surface area (Å²) in [5.41, 5.74) is 5.80. The summed E-state index contributed by atoms with van der Waals surface area (Å²) < 4.78 is 0. The van der Waals surface area contributed by atoms with Crippen LogP contribution in [0.4, 0.5) is 17.3 Å². The average Bonchev–Trinajstić information content (AvgIpc) is 2.39. The number of nitrogens with zero attached hydrogens (tertiary/aromatic N) is 3. The molecule has 3 N–H and O–H groups in total. The molecule has 0 unspecified atom stereocenters. The van der Waals surface area contributed by atoms with Crippen molar-refractivity contribution in [1.82, 2.24) is 9.97 Å². The Morgan fingerprint density at radius 2 is 1.78 bits per heavy atom. The lowest BCUT2D eigenvalue weighted by Crippen LogP contribution is -2.16. The topological polar surface area (TPSA) is 67.1 Å². The highest BCUT2D eigenvalue weighted by molar-refractivity contribution is 5.66. The maximum absolute atomic E-state index is 5.42. The van der Waals surface area contributed by atoms with E-state index in [-0.39, 0.29) is 0 Å². The van der Waals surface area contributed by atoms with Crippen LogP contribution in [0.15, 0.2) is 30.6 Å². The average molecular weight is 243 g/mol. The zero-order chi connectivity index (χ0) is 13.1. The number of benzene rings is 1. The van der Waals surface area contributed by atoms with Crippen molar-refractivity contribution in [3.05, 3.63) is 41.7 Å². The molecule has 0 aliphatic heterocycles. The van der Waals surface area contributed by atoms with E-state index in [1.807, 2.05) is 18.9 Å². The lowest BCUT2D eigenvalue weighted by molar-refractivity contribution is 1.04. The van der Waals surface area contributed by atoms with E-state index in [9.17, 15) is 0 Å². The first kappa shape index (κ1) is 12.3. The Morgan fingerprint density at radius 3 is 2.39 bits per heavy atom. The molecule has 0 aliphatic rings. The Hall–Kier alpha value is -2.14. The molecule has 0 spiro atoms. The van der Waals surface area contributed by atoms with Crippen LogP contribution in [0.3, 0.4) is 0 Å². The van der Waals surface area contributed by atoms with Crippen LogP contribution >= 0.6 is 0 Å². The summed E-state index contributed by atoms with van der Waals surface area (Å²) >= 11 is 0. The van der Waals surface area contributed by atoms with E-state index < -0.39 is 0 Å². The van der Waals surface area contributed by atoms with Crippen LogP contribution in [0.2, 0.25) is 0 Å². The summed E-state index contributed by atoms with van der Waals surface area (Å²) in [6.07, 6.45) is 1.50. The number of nitrogen functional groups attached to an aromatic ring is 1. The maximum Gasteiger partial charge on any atom is 0.148 e. The highest BCUT2D eigenvalue weighted by atomic mass is 15.3. The van der Waals surface area contributed by atoms with Gasteiger partial charge in [-0.25, -0.2) is 15.8 Å². The molecule has 1 aromatic carbocycles. The van der Waals surface area contributed by atoms with E-state index in [2.05, 4.69) is 46.6 Å². The second-order valence-corrected chi connectivity index (χ2v) is 4.21. The van der Waals surface area contributed by atoms with Crippen molar-refractivity contribution in [2.24, 2.45) is 5.84 Å². The van der Waals surface area contributed by atoms with E-state index in [1.54, 1.807) is 0 Å². The molecule has 0 amide bonds. The van der Waals surface area contributed by atoms with Gasteiger partial charge in [0.15, 0.2) is 0 Å². The smallest absolute Gasteiger partial charge is 0.148 e. The molecule has 2 aromatic rings. The molecule has 5 nitrogen and oxygen atoms in total. The summed E-state index contributed by atoms with van der Waals surface area (Å²) in [6.45, 7) is 4.01. The number of anilines is 3. The fourth-order valence-corrected chi connectivity index (χ4v) is 1.82. The first-order chi connectivity index (χ1) is 8.63. The van der Waals surface area contributed by atoms with Gasteiger partial charge in [-0.05, 0) is 26.0 Å². The van der Waals surface area contributed by atoms with E-state index in [0.29, 0.717) is 5.82 Å². The maximum atomic E-state index is 5.42. The predicted molar refractivity (Wildman–Crippen MR) is 73.8 cm³/mol. The molecule has 1 aromatic heterocycles. The molecular weight excluding hydrogens is 226 g/mol. The Labute approximate surface area is 107 Å². The Bertz CT molecular complexity index is 536. The van der Waals surface area contributed by atoms with Crippen LogP contribution in [-0.2, 0) is 0 Å². The summed E-state index contributed by atoms with van der Waals surface area (Å²) in [4.78, 5) is 10.4. The fraction of sp³-hybridized carbons (Fsp3) is 0.231. The van der Waals surface area contributed by atoms with Crippen LogP contribution in [0.1, 0.15) is 11.1 Å². The molecule has 0 aliphatic carbocycles. The first-order valence-corrected chi connectivity index (χ1v) is 5.72. The molecule has 0 radical (unpaired) electrons. The molecule has 1 heterocycles. The first-order valence-electron chi connectivity index (χ1n) is 5.72. The Kier molecular flexibility index (Phi) is 3.43. The minimum absolute atomic E-state index is 0.638. The van der Waals surface area contributed by atoms with Crippen LogP contribution in [0.25, 0.3) is 0 Å². The van der Waals surface area contributed by atoms with Crippen molar-refractivity contribution in [3.8, 4) is 0 Å². The number of rotatable bonds is 3. The Balaban J connectivity index is 2.39. The van der Waals surface area contributed by atoms with Crippen molar-refractivity contribution in [2.75, 3.05) is 17.4 Å². The predicted octanol–water partition coefficient (Wildman–Crippen LogP) is 2.15. The molecule has 0 bridgehead atoms. The van der Waals surface area contributed by atoms with E-state index in [0.717, 1.165) is 17.1 Å². The summed E-state index contributed by atoms with van der Waals surface area (Å²) in [5.74, 6) is 6.89. The molecular formula is C13H17N5. The molecule has 2 rings (SSSR count). The third kappa shape index (κ3) is 2.26. The number of nitrogens with two attached hydrogens (primary N) is 1. The van der Waals surface area contributed by atoms with Gasteiger partial charge in [0.2, 0.25) is 0 Å². The number of hydrogen-bond acceptors (Lipinski definition) is 5. The number of nitrogens with one attached hydrogen (secondary N) is 1. The van der Waals surface area contributed by atoms with Gasteiger partial charge in [-0.2, -0.15) is 0 Å². The zero-order valence-corrected chi connectivity index (χ0v) is 10.8. The molecule has 0 saturated heterocycles.